The third kappa shape index (κ3) is 10.0. The Bertz CT molecular complexity index is 1330. The molecule has 0 aliphatic heterocycles. The van der Waals surface area contributed by atoms with E-state index in [1.165, 1.54) is 58.8 Å². The van der Waals surface area contributed by atoms with Gasteiger partial charge in [0.25, 0.3) is 5.97 Å². The van der Waals surface area contributed by atoms with Gasteiger partial charge in [-0.2, -0.15) is 0 Å². The molecule has 2 atom stereocenters. The van der Waals surface area contributed by atoms with Crippen molar-refractivity contribution in [3.63, 3.8) is 0 Å². The van der Waals surface area contributed by atoms with Gasteiger partial charge in [0.15, 0.2) is 0 Å². The Kier molecular flexibility index (Phi) is 14.9. The summed E-state index contributed by atoms with van der Waals surface area (Å²) in [4.78, 5) is 58.5. The molecule has 2 aromatic carbocycles. The molecule has 0 aliphatic rings. The van der Waals surface area contributed by atoms with Gasteiger partial charge in [-0.3, -0.25) is 14.8 Å². The quantitative estimate of drug-likeness (QED) is 0.194. The molecule has 0 bridgehead atoms. The van der Waals surface area contributed by atoms with Crippen LogP contribution in [-0.4, -0.2) is 84.7 Å². The molecule has 2 N–H and O–H groups in total. The van der Waals surface area contributed by atoms with Crippen LogP contribution < -0.4 is 0 Å². The minimum absolute atomic E-state index is 0. The Morgan fingerprint density at radius 2 is 1.09 bits per heavy atom. The molecule has 0 saturated carbocycles. The molecule has 3 aromatic rings. The Morgan fingerprint density at radius 3 is 1.48 bits per heavy atom. The van der Waals surface area contributed by atoms with E-state index in [-0.39, 0.29) is 71.5 Å². The molecule has 1 radical (unpaired) electrons. The molecule has 1 heterocycles. The van der Waals surface area contributed by atoms with E-state index in [2.05, 4.69) is 16.0 Å². The maximum atomic E-state index is 12.3. The minimum Gasteiger partial charge on any atom is -0.500 e. The van der Waals surface area contributed by atoms with Gasteiger partial charge in [0.2, 0.25) is 0 Å². The average molecular weight is 788 g/mol. The standard InChI is InChI=1S/C26H23N2O8.C5H12O2.Ir/c1-13-14(2)28-22(16-9-19(25(31)35-5)12-20(10-16)26(32)36-6)21(27-13)15-7-17(23(29)33-3)11-18(8-15)24(30)34-4;1-4(6)3-5(2)7;/h7-9,11-12H,1-6H3;4-7H,3H2,1-2H3;/q-1;;. The number of ether oxygens (including phenoxy) is 4. The number of aliphatic hydroxyl groups excluding tert-OH is 2. The number of hydrogen-bond acceptors (Lipinski definition) is 12. The van der Waals surface area contributed by atoms with Crippen molar-refractivity contribution in [3.8, 4) is 22.5 Å². The second-order valence-corrected chi connectivity index (χ2v) is 9.49. The van der Waals surface area contributed by atoms with Gasteiger partial charge in [0.1, 0.15) is 0 Å². The van der Waals surface area contributed by atoms with Crippen LogP contribution in [0.15, 0.2) is 30.3 Å². The van der Waals surface area contributed by atoms with Crippen molar-refractivity contribution in [2.45, 2.75) is 46.3 Å². The van der Waals surface area contributed by atoms with Gasteiger partial charge in [0.05, 0.1) is 68.9 Å². The largest absolute Gasteiger partial charge is 0.500 e. The SMILES string of the molecule is CC(O)CC(C)O.COC(=O)c1[c-]c(-c2nc(C)c(C)nc2-c2cc(C(=O)OC)cc(C(=O)OC)c2)cc(C(=O)OC)c1.[Ir]. The molecule has 239 valence electrons. The molecule has 0 fully saturated rings. The van der Waals surface area contributed by atoms with E-state index in [0.717, 1.165) is 0 Å². The minimum atomic E-state index is -0.721. The summed E-state index contributed by atoms with van der Waals surface area (Å²) in [5, 5.41) is 17.1. The maximum Gasteiger partial charge on any atom is 0.337 e. The van der Waals surface area contributed by atoms with Crippen LogP contribution in [0.25, 0.3) is 22.5 Å². The summed E-state index contributed by atoms with van der Waals surface area (Å²) in [5.74, 6) is -2.75. The number of esters is 4. The zero-order valence-electron chi connectivity index (χ0n) is 25.6. The molecule has 0 aliphatic carbocycles. The molecule has 12 nitrogen and oxygen atoms in total. The third-order valence-electron chi connectivity index (χ3n) is 5.99. The summed E-state index contributed by atoms with van der Waals surface area (Å²) in [5.41, 5.74) is 2.46. The van der Waals surface area contributed by atoms with Crippen LogP contribution in [-0.2, 0) is 39.1 Å². The fraction of sp³-hybridized carbons (Fsp3) is 0.355. The van der Waals surface area contributed by atoms with E-state index in [0.29, 0.717) is 23.4 Å². The fourth-order valence-electron chi connectivity index (χ4n) is 3.87. The number of carbonyl (C=O) groups excluding carboxylic acids is 4. The third-order valence-corrected chi connectivity index (χ3v) is 5.99. The summed E-state index contributed by atoms with van der Waals surface area (Å²) in [6.07, 6.45) is -0.278. The predicted octanol–water partition coefficient (Wildman–Crippen LogP) is 3.51. The molecule has 44 heavy (non-hydrogen) atoms. The van der Waals surface area contributed by atoms with Crippen molar-refractivity contribution in [1.82, 2.24) is 9.97 Å². The van der Waals surface area contributed by atoms with Crippen LogP contribution in [0.2, 0.25) is 0 Å². The second-order valence-electron chi connectivity index (χ2n) is 9.49. The molecule has 13 heteroatoms. The summed E-state index contributed by atoms with van der Waals surface area (Å²) >= 11 is 0. The van der Waals surface area contributed by atoms with Crippen molar-refractivity contribution in [2.24, 2.45) is 0 Å². The van der Waals surface area contributed by atoms with Crippen LogP contribution in [0.4, 0.5) is 0 Å². The molecule has 2 unspecified atom stereocenters. The Balaban J connectivity index is 0.00000108. The molecule has 1 aromatic heterocycles. The number of carbonyl (C=O) groups is 4. The van der Waals surface area contributed by atoms with Crippen LogP contribution in [0.5, 0.6) is 0 Å². The monoisotopic (exact) mass is 788 g/mol. The first-order valence-corrected chi connectivity index (χ1v) is 13.0. The van der Waals surface area contributed by atoms with Gasteiger partial charge in [0, 0.05) is 25.8 Å². The van der Waals surface area contributed by atoms with Gasteiger partial charge >= 0.3 is 17.9 Å². The summed E-state index contributed by atoms with van der Waals surface area (Å²) in [7, 11) is 4.85. The van der Waals surface area contributed by atoms with Crippen LogP contribution in [0.1, 0.15) is 73.1 Å². The van der Waals surface area contributed by atoms with E-state index in [4.69, 9.17) is 29.2 Å². The van der Waals surface area contributed by atoms with Crippen molar-refractivity contribution in [1.29, 1.82) is 0 Å². The van der Waals surface area contributed by atoms with E-state index < -0.39 is 23.9 Å². The van der Waals surface area contributed by atoms with Crippen LogP contribution in [0, 0.1) is 19.9 Å². The molecule has 0 saturated heterocycles. The van der Waals surface area contributed by atoms with Gasteiger partial charge < -0.3 is 29.2 Å². The first kappa shape index (κ1) is 38.0. The smallest absolute Gasteiger partial charge is 0.337 e. The Labute approximate surface area is 269 Å². The zero-order chi connectivity index (χ0) is 32.4. The normalized spacial score (nSPS) is 11.5. The number of benzene rings is 2. The predicted molar refractivity (Wildman–Crippen MR) is 155 cm³/mol. The molecule has 0 spiro atoms. The number of rotatable bonds is 8. The number of nitrogens with zero attached hydrogens (tertiary/aromatic N) is 2. The number of aliphatic hydroxyl groups is 2. The van der Waals surface area contributed by atoms with Crippen molar-refractivity contribution < 1.29 is 68.4 Å². The molecule has 3 rings (SSSR count). The molecule has 0 amide bonds. The summed E-state index contributed by atoms with van der Waals surface area (Å²) < 4.78 is 19.3. The summed E-state index contributed by atoms with van der Waals surface area (Å²) in [6, 6.07) is 9.99. The molecular formula is C31H35IrN2O10-. The van der Waals surface area contributed by atoms with E-state index >= 15 is 0 Å². The Morgan fingerprint density at radius 1 is 0.682 bits per heavy atom. The maximum absolute atomic E-state index is 12.3. The topological polar surface area (TPSA) is 171 Å². The van der Waals surface area contributed by atoms with Gasteiger partial charge in [-0.05, 0) is 69.0 Å². The number of hydrogen-bond donors (Lipinski definition) is 2. The van der Waals surface area contributed by atoms with Gasteiger partial charge in [-0.25, -0.2) is 14.4 Å². The zero-order valence-corrected chi connectivity index (χ0v) is 28.0. The number of aromatic nitrogens is 2. The number of aryl methyl sites for hydroxylation is 2. The fourth-order valence-corrected chi connectivity index (χ4v) is 3.87. The van der Waals surface area contributed by atoms with Crippen LogP contribution >= 0.6 is 0 Å². The average Bonchev–Trinajstić information content (AvgIpc) is 2.99. The van der Waals surface area contributed by atoms with Crippen molar-refractivity contribution in [3.05, 3.63) is 70.0 Å². The van der Waals surface area contributed by atoms with Crippen molar-refractivity contribution in [2.75, 3.05) is 28.4 Å². The van der Waals surface area contributed by atoms with E-state index in [9.17, 15) is 19.2 Å². The molecular weight excluding hydrogens is 753 g/mol. The summed E-state index contributed by atoms with van der Waals surface area (Å²) in [6.45, 7) is 6.81. The van der Waals surface area contributed by atoms with Crippen LogP contribution in [0.3, 0.4) is 0 Å². The first-order chi connectivity index (χ1) is 20.3. The number of methoxy groups -OCH3 is 4. The second kappa shape index (κ2) is 17.3. The Hall–Kier alpha value is -4.03. The van der Waals surface area contributed by atoms with Gasteiger partial charge in [-0.15, -0.1) is 18.2 Å². The van der Waals surface area contributed by atoms with Gasteiger partial charge in [-0.1, -0.05) is 5.56 Å². The van der Waals surface area contributed by atoms with E-state index in [1.54, 1.807) is 27.7 Å². The van der Waals surface area contributed by atoms with E-state index in [1.807, 2.05) is 0 Å². The van der Waals surface area contributed by atoms with Crippen molar-refractivity contribution >= 4 is 23.9 Å². The first-order valence-electron chi connectivity index (χ1n) is 13.0.